The highest BCUT2D eigenvalue weighted by Crippen LogP contribution is 2.21. The van der Waals surface area contributed by atoms with E-state index in [1.165, 1.54) is 11.1 Å². The van der Waals surface area contributed by atoms with Gasteiger partial charge in [0.05, 0.1) is 11.9 Å². The van der Waals surface area contributed by atoms with Crippen LogP contribution in [-0.2, 0) is 27.7 Å². The quantitative estimate of drug-likeness (QED) is 0.877. The van der Waals surface area contributed by atoms with Gasteiger partial charge in [0.1, 0.15) is 6.54 Å². The zero-order valence-electron chi connectivity index (χ0n) is 15.1. The monoisotopic (exact) mass is 372 g/mol. The number of hydrogen-bond acceptors (Lipinski definition) is 3. The molecule has 0 aromatic heterocycles. The van der Waals surface area contributed by atoms with Gasteiger partial charge in [-0.05, 0) is 49.4 Å². The maximum absolute atomic E-state index is 12.5. The van der Waals surface area contributed by atoms with Crippen LogP contribution in [0.15, 0.2) is 48.5 Å². The molecule has 26 heavy (non-hydrogen) atoms. The smallest absolute Gasteiger partial charge is 0.241 e. The lowest BCUT2D eigenvalue weighted by Crippen LogP contribution is -2.45. The lowest BCUT2D eigenvalue weighted by molar-refractivity contribution is -0.120. The fraction of sp³-hybridized carbons (Fsp3) is 0.350. The third-order valence-corrected chi connectivity index (χ3v) is 5.86. The first-order valence-corrected chi connectivity index (χ1v) is 10.6. The summed E-state index contributed by atoms with van der Waals surface area (Å²) >= 11 is 0. The van der Waals surface area contributed by atoms with Crippen molar-refractivity contribution in [3.63, 3.8) is 0 Å². The van der Waals surface area contributed by atoms with E-state index in [0.717, 1.165) is 35.4 Å². The van der Waals surface area contributed by atoms with Crippen LogP contribution in [0.25, 0.3) is 0 Å². The molecule has 0 saturated carbocycles. The van der Waals surface area contributed by atoms with Crippen molar-refractivity contribution in [1.82, 2.24) is 5.32 Å². The summed E-state index contributed by atoms with van der Waals surface area (Å²) in [5, 5.41) is 3.00. The Morgan fingerprint density at radius 1 is 1.12 bits per heavy atom. The molecule has 1 amide bonds. The Morgan fingerprint density at radius 3 is 2.42 bits per heavy atom. The number of nitrogens with zero attached hydrogens (tertiary/aromatic N) is 1. The number of carbonyl (C=O) groups is 1. The van der Waals surface area contributed by atoms with Gasteiger partial charge in [-0.15, -0.1) is 0 Å². The number of fused-ring (bicyclic) bond motifs is 1. The molecule has 1 atom stereocenters. The molecule has 5 nitrogen and oxygen atoms in total. The highest BCUT2D eigenvalue weighted by molar-refractivity contribution is 7.92. The van der Waals surface area contributed by atoms with Crippen molar-refractivity contribution in [1.29, 1.82) is 0 Å². The van der Waals surface area contributed by atoms with Gasteiger partial charge in [0.15, 0.2) is 0 Å². The Hall–Kier alpha value is -2.34. The molecular formula is C20H24N2O3S. The maximum atomic E-state index is 12.5. The second-order valence-electron chi connectivity index (χ2n) is 6.88. The van der Waals surface area contributed by atoms with Crippen molar-refractivity contribution < 1.29 is 13.2 Å². The first-order valence-electron chi connectivity index (χ1n) is 8.73. The molecule has 0 spiro atoms. The van der Waals surface area contributed by atoms with Gasteiger partial charge >= 0.3 is 0 Å². The van der Waals surface area contributed by atoms with E-state index in [2.05, 4.69) is 17.4 Å². The van der Waals surface area contributed by atoms with Crippen molar-refractivity contribution in [2.75, 3.05) is 17.1 Å². The molecule has 3 rings (SSSR count). The Bertz CT molecular complexity index is 892. The number of hydrogen-bond donors (Lipinski definition) is 1. The fourth-order valence-electron chi connectivity index (χ4n) is 3.34. The minimum atomic E-state index is -3.54. The topological polar surface area (TPSA) is 66.5 Å². The molecule has 1 aliphatic carbocycles. The number of nitrogens with one attached hydrogen (secondary N) is 1. The number of rotatable bonds is 5. The SMILES string of the molecule is Cc1ccc(N(CC(=O)N[C@@H]2CCc3ccccc3C2)S(C)(=O)=O)cc1. The van der Waals surface area contributed by atoms with Crippen LogP contribution in [0.3, 0.4) is 0 Å². The van der Waals surface area contributed by atoms with Gasteiger partial charge in [0.2, 0.25) is 15.9 Å². The second-order valence-corrected chi connectivity index (χ2v) is 8.79. The lowest BCUT2D eigenvalue weighted by Gasteiger charge is -2.27. The summed E-state index contributed by atoms with van der Waals surface area (Å²) in [4.78, 5) is 12.5. The normalized spacial score (nSPS) is 16.6. The van der Waals surface area contributed by atoms with Gasteiger partial charge < -0.3 is 5.32 Å². The number of aryl methyl sites for hydroxylation is 2. The third-order valence-electron chi connectivity index (χ3n) is 4.72. The van der Waals surface area contributed by atoms with Crippen molar-refractivity contribution in [2.45, 2.75) is 32.2 Å². The van der Waals surface area contributed by atoms with E-state index in [-0.39, 0.29) is 18.5 Å². The molecule has 138 valence electrons. The molecule has 0 heterocycles. The van der Waals surface area contributed by atoms with Gasteiger partial charge in [0.25, 0.3) is 0 Å². The van der Waals surface area contributed by atoms with Crippen LogP contribution in [0.4, 0.5) is 5.69 Å². The molecule has 6 heteroatoms. The highest BCUT2D eigenvalue weighted by Gasteiger charge is 2.24. The van der Waals surface area contributed by atoms with Crippen molar-refractivity contribution >= 4 is 21.6 Å². The van der Waals surface area contributed by atoms with E-state index in [0.29, 0.717) is 5.69 Å². The summed E-state index contributed by atoms with van der Waals surface area (Å²) in [6.45, 7) is 1.72. The summed E-state index contributed by atoms with van der Waals surface area (Å²) in [5.74, 6) is -0.277. The van der Waals surface area contributed by atoms with Crippen LogP contribution >= 0.6 is 0 Å². The van der Waals surface area contributed by atoms with E-state index in [4.69, 9.17) is 0 Å². The van der Waals surface area contributed by atoms with E-state index in [9.17, 15) is 13.2 Å². The molecule has 2 aromatic carbocycles. The van der Waals surface area contributed by atoms with Crippen LogP contribution in [0, 0.1) is 6.92 Å². The van der Waals surface area contributed by atoms with E-state index in [1.54, 1.807) is 12.1 Å². The first kappa shape index (κ1) is 18.5. The van der Waals surface area contributed by atoms with Crippen molar-refractivity contribution in [3.05, 3.63) is 65.2 Å². The molecule has 0 unspecified atom stereocenters. The summed E-state index contributed by atoms with van der Waals surface area (Å²) < 4.78 is 25.5. The fourth-order valence-corrected chi connectivity index (χ4v) is 4.19. The Kier molecular flexibility index (Phi) is 5.32. The molecule has 2 aromatic rings. The van der Waals surface area contributed by atoms with E-state index >= 15 is 0 Å². The van der Waals surface area contributed by atoms with Gasteiger partial charge in [-0.1, -0.05) is 42.0 Å². The van der Waals surface area contributed by atoms with Crippen LogP contribution in [0.1, 0.15) is 23.1 Å². The van der Waals surface area contributed by atoms with Gasteiger partial charge in [0, 0.05) is 6.04 Å². The Labute approximate surface area is 155 Å². The van der Waals surface area contributed by atoms with Crippen LogP contribution in [0.5, 0.6) is 0 Å². The number of amides is 1. The molecular weight excluding hydrogens is 348 g/mol. The Balaban J connectivity index is 1.68. The summed E-state index contributed by atoms with van der Waals surface area (Å²) in [6.07, 6.45) is 3.70. The first-order chi connectivity index (χ1) is 12.3. The van der Waals surface area contributed by atoms with Crippen LogP contribution in [0.2, 0.25) is 0 Å². The average molecular weight is 372 g/mol. The number of anilines is 1. The molecule has 0 bridgehead atoms. The molecule has 0 aliphatic heterocycles. The lowest BCUT2D eigenvalue weighted by atomic mass is 9.88. The molecule has 1 N–H and O–H groups in total. The highest BCUT2D eigenvalue weighted by atomic mass is 32.2. The third kappa shape index (κ3) is 4.43. The minimum Gasteiger partial charge on any atom is -0.351 e. The van der Waals surface area contributed by atoms with E-state index < -0.39 is 10.0 Å². The van der Waals surface area contributed by atoms with Gasteiger partial charge in [-0.2, -0.15) is 0 Å². The predicted molar refractivity (Wildman–Crippen MR) is 104 cm³/mol. The number of sulfonamides is 1. The van der Waals surface area contributed by atoms with Crippen molar-refractivity contribution in [2.24, 2.45) is 0 Å². The number of carbonyl (C=O) groups excluding carboxylic acids is 1. The van der Waals surface area contributed by atoms with Gasteiger partial charge in [-0.25, -0.2) is 8.42 Å². The number of benzene rings is 2. The van der Waals surface area contributed by atoms with Gasteiger partial charge in [-0.3, -0.25) is 9.10 Å². The second kappa shape index (κ2) is 7.50. The van der Waals surface area contributed by atoms with E-state index in [1.807, 2.05) is 31.2 Å². The molecule has 0 fully saturated rings. The van der Waals surface area contributed by atoms with Crippen LogP contribution in [-0.4, -0.2) is 33.2 Å². The summed E-state index contributed by atoms with van der Waals surface area (Å²) in [6, 6.07) is 15.4. The van der Waals surface area contributed by atoms with Crippen molar-refractivity contribution in [3.8, 4) is 0 Å². The standard InChI is InChI=1S/C20H24N2O3S/c1-15-7-11-19(12-8-15)22(26(2,24)25)14-20(23)21-18-10-9-16-5-3-4-6-17(16)13-18/h3-8,11-12,18H,9-10,13-14H2,1-2H3,(H,21,23)/t18-/m1/s1. The Morgan fingerprint density at radius 2 is 1.77 bits per heavy atom. The summed E-state index contributed by atoms with van der Waals surface area (Å²) in [7, 11) is -3.54. The molecule has 0 saturated heterocycles. The largest absolute Gasteiger partial charge is 0.351 e. The average Bonchev–Trinajstić information content (AvgIpc) is 2.59. The summed E-state index contributed by atoms with van der Waals surface area (Å²) in [5.41, 5.74) is 4.12. The molecule has 0 radical (unpaired) electrons. The maximum Gasteiger partial charge on any atom is 0.241 e. The zero-order chi connectivity index (χ0) is 18.7. The zero-order valence-corrected chi connectivity index (χ0v) is 15.9. The molecule has 1 aliphatic rings. The van der Waals surface area contributed by atoms with Crippen LogP contribution < -0.4 is 9.62 Å². The predicted octanol–water partition coefficient (Wildman–Crippen LogP) is 2.43. The minimum absolute atomic E-state index is 0.0387.